The van der Waals surface area contributed by atoms with Crippen molar-refractivity contribution < 1.29 is 14.3 Å². The van der Waals surface area contributed by atoms with E-state index in [9.17, 15) is 4.79 Å². The van der Waals surface area contributed by atoms with Crippen molar-refractivity contribution in [2.75, 3.05) is 39.5 Å². The van der Waals surface area contributed by atoms with Crippen LogP contribution < -0.4 is 10.1 Å². The minimum Gasteiger partial charge on any atom is -0.493 e. The summed E-state index contributed by atoms with van der Waals surface area (Å²) in [6.07, 6.45) is 0. The number of thiophene rings is 1. The van der Waals surface area contributed by atoms with Crippen molar-refractivity contribution >= 4 is 28.0 Å². The van der Waals surface area contributed by atoms with E-state index in [0.717, 1.165) is 37.1 Å². The van der Waals surface area contributed by atoms with Crippen molar-refractivity contribution in [2.45, 2.75) is 13.0 Å². The highest BCUT2D eigenvalue weighted by Crippen LogP contribution is 2.29. The third-order valence-electron chi connectivity index (χ3n) is 5.23. The van der Waals surface area contributed by atoms with Crippen LogP contribution in [0.1, 0.15) is 28.2 Å². The lowest BCUT2D eigenvalue weighted by Gasteiger charge is -2.34. The highest BCUT2D eigenvalue weighted by atomic mass is 32.1. The van der Waals surface area contributed by atoms with E-state index in [1.54, 1.807) is 11.3 Å². The van der Waals surface area contributed by atoms with Gasteiger partial charge in [-0.1, -0.05) is 36.4 Å². The average molecular weight is 411 g/mol. The predicted molar refractivity (Wildman–Crippen MR) is 117 cm³/mol. The Hall–Kier alpha value is -2.41. The van der Waals surface area contributed by atoms with Gasteiger partial charge < -0.3 is 14.8 Å². The Morgan fingerprint density at radius 1 is 1.17 bits per heavy atom. The van der Waals surface area contributed by atoms with E-state index in [1.807, 2.05) is 43.3 Å². The van der Waals surface area contributed by atoms with Crippen LogP contribution in [0.3, 0.4) is 0 Å². The van der Waals surface area contributed by atoms with Crippen LogP contribution in [-0.4, -0.2) is 50.3 Å². The van der Waals surface area contributed by atoms with E-state index in [0.29, 0.717) is 24.5 Å². The summed E-state index contributed by atoms with van der Waals surface area (Å²) in [5, 5.41) is 7.21. The van der Waals surface area contributed by atoms with E-state index in [-0.39, 0.29) is 11.9 Å². The van der Waals surface area contributed by atoms with Gasteiger partial charge in [-0.25, -0.2) is 0 Å². The van der Waals surface area contributed by atoms with Crippen molar-refractivity contribution in [3.8, 4) is 5.75 Å². The first-order valence-electron chi connectivity index (χ1n) is 10.1. The summed E-state index contributed by atoms with van der Waals surface area (Å²) in [7, 11) is 0. The summed E-state index contributed by atoms with van der Waals surface area (Å²) in [5.74, 6) is 0.530. The van der Waals surface area contributed by atoms with Crippen LogP contribution >= 0.6 is 11.3 Å². The van der Waals surface area contributed by atoms with Gasteiger partial charge in [-0.2, -0.15) is 0 Å². The van der Waals surface area contributed by atoms with E-state index in [2.05, 4.69) is 27.7 Å². The Morgan fingerprint density at radius 2 is 2.00 bits per heavy atom. The van der Waals surface area contributed by atoms with Gasteiger partial charge in [0.15, 0.2) is 0 Å². The maximum absolute atomic E-state index is 13.3. The molecule has 1 fully saturated rings. The van der Waals surface area contributed by atoms with Crippen molar-refractivity contribution in [1.29, 1.82) is 0 Å². The van der Waals surface area contributed by atoms with Crippen LogP contribution in [0.25, 0.3) is 10.8 Å². The van der Waals surface area contributed by atoms with Crippen molar-refractivity contribution in [3.63, 3.8) is 0 Å². The van der Waals surface area contributed by atoms with E-state index < -0.39 is 0 Å². The molecule has 1 aromatic heterocycles. The summed E-state index contributed by atoms with van der Waals surface area (Å²) >= 11 is 1.73. The molecule has 1 N–H and O–H groups in total. The Bertz CT molecular complexity index is 952. The zero-order valence-corrected chi connectivity index (χ0v) is 17.4. The Balaban J connectivity index is 1.59. The Labute approximate surface area is 175 Å². The number of nitrogens with zero attached hydrogens (tertiary/aromatic N) is 1. The second kappa shape index (κ2) is 9.39. The van der Waals surface area contributed by atoms with Gasteiger partial charge in [0, 0.05) is 24.5 Å². The fraction of sp³-hybridized carbons (Fsp3) is 0.348. The number of rotatable bonds is 7. The van der Waals surface area contributed by atoms with Crippen LogP contribution in [0.4, 0.5) is 0 Å². The normalized spacial score (nSPS) is 15.9. The second-order valence-electron chi connectivity index (χ2n) is 6.98. The largest absolute Gasteiger partial charge is 0.493 e. The first-order valence-corrected chi connectivity index (χ1v) is 10.9. The highest BCUT2D eigenvalue weighted by Gasteiger charge is 2.25. The van der Waals surface area contributed by atoms with E-state index in [4.69, 9.17) is 9.47 Å². The van der Waals surface area contributed by atoms with Gasteiger partial charge in [0.05, 0.1) is 31.4 Å². The summed E-state index contributed by atoms with van der Waals surface area (Å²) < 4.78 is 11.3. The van der Waals surface area contributed by atoms with E-state index in [1.165, 1.54) is 4.88 Å². The highest BCUT2D eigenvalue weighted by molar-refractivity contribution is 7.10. The SMILES string of the molecule is CCOc1ccc2ccccc2c1C(=O)NCC(c1cccs1)N1CCOCC1. The Morgan fingerprint density at radius 3 is 2.76 bits per heavy atom. The molecule has 0 aliphatic carbocycles. The molecule has 6 heteroatoms. The minimum absolute atomic E-state index is 0.0972. The van der Waals surface area contributed by atoms with Crippen LogP contribution in [0, 0.1) is 0 Å². The van der Waals surface area contributed by atoms with Gasteiger partial charge in [0.2, 0.25) is 0 Å². The molecule has 2 heterocycles. The number of morpholine rings is 1. The molecule has 1 aliphatic rings. The quantitative estimate of drug-likeness (QED) is 0.637. The minimum atomic E-state index is -0.0972. The number of carbonyl (C=O) groups excluding carboxylic acids is 1. The number of fused-ring (bicyclic) bond motifs is 1. The molecule has 1 amide bonds. The van der Waals surface area contributed by atoms with Gasteiger partial charge in [-0.15, -0.1) is 11.3 Å². The molecule has 3 aromatic rings. The molecule has 2 aromatic carbocycles. The molecular formula is C23H26N2O3S. The monoisotopic (exact) mass is 410 g/mol. The lowest BCUT2D eigenvalue weighted by molar-refractivity contribution is 0.0169. The molecule has 29 heavy (non-hydrogen) atoms. The second-order valence-corrected chi connectivity index (χ2v) is 7.96. The topological polar surface area (TPSA) is 50.8 Å². The fourth-order valence-electron chi connectivity index (χ4n) is 3.82. The van der Waals surface area contributed by atoms with Gasteiger partial charge in [0.1, 0.15) is 5.75 Å². The molecule has 4 rings (SSSR count). The lowest BCUT2D eigenvalue weighted by Crippen LogP contribution is -2.43. The molecule has 0 spiro atoms. The van der Waals surface area contributed by atoms with Crippen LogP contribution in [-0.2, 0) is 4.74 Å². The fourth-order valence-corrected chi connectivity index (χ4v) is 4.68. The number of amides is 1. The number of benzene rings is 2. The molecule has 0 radical (unpaired) electrons. The van der Waals surface area contributed by atoms with Crippen molar-refractivity contribution in [3.05, 3.63) is 64.4 Å². The van der Waals surface area contributed by atoms with Gasteiger partial charge in [-0.3, -0.25) is 9.69 Å². The van der Waals surface area contributed by atoms with Gasteiger partial charge in [0.25, 0.3) is 5.91 Å². The predicted octanol–water partition coefficient (Wildman–Crippen LogP) is 4.10. The third kappa shape index (κ3) is 4.45. The zero-order chi connectivity index (χ0) is 20.1. The summed E-state index contributed by atoms with van der Waals surface area (Å²) in [6, 6.07) is 16.2. The number of hydrogen-bond acceptors (Lipinski definition) is 5. The van der Waals surface area contributed by atoms with E-state index >= 15 is 0 Å². The molecule has 1 unspecified atom stereocenters. The molecular weight excluding hydrogens is 384 g/mol. The molecule has 152 valence electrons. The number of hydrogen-bond donors (Lipinski definition) is 1. The maximum Gasteiger partial charge on any atom is 0.255 e. The zero-order valence-electron chi connectivity index (χ0n) is 16.6. The first-order chi connectivity index (χ1) is 14.3. The van der Waals surface area contributed by atoms with Crippen molar-refractivity contribution in [2.24, 2.45) is 0 Å². The summed E-state index contributed by atoms with van der Waals surface area (Å²) in [5.41, 5.74) is 0.608. The van der Waals surface area contributed by atoms with Crippen molar-refractivity contribution in [1.82, 2.24) is 10.2 Å². The molecule has 0 bridgehead atoms. The molecule has 5 nitrogen and oxygen atoms in total. The summed E-state index contributed by atoms with van der Waals surface area (Å²) in [4.78, 5) is 16.9. The molecule has 1 aliphatic heterocycles. The number of ether oxygens (including phenoxy) is 2. The smallest absolute Gasteiger partial charge is 0.255 e. The molecule has 1 atom stereocenters. The maximum atomic E-state index is 13.3. The number of carbonyl (C=O) groups is 1. The standard InChI is InChI=1S/C23H26N2O3S/c1-2-28-20-10-9-17-6-3-4-7-18(17)22(20)23(26)24-16-19(21-8-5-15-29-21)25-11-13-27-14-12-25/h3-10,15,19H,2,11-14,16H2,1H3,(H,24,26). The summed E-state index contributed by atoms with van der Waals surface area (Å²) in [6.45, 7) is 6.20. The number of nitrogens with one attached hydrogen (secondary N) is 1. The lowest BCUT2D eigenvalue weighted by atomic mass is 10.0. The average Bonchev–Trinajstić information content (AvgIpc) is 3.29. The van der Waals surface area contributed by atoms with Gasteiger partial charge >= 0.3 is 0 Å². The van der Waals surface area contributed by atoms with Crippen LogP contribution in [0.5, 0.6) is 5.75 Å². The van der Waals surface area contributed by atoms with Crippen LogP contribution in [0.15, 0.2) is 53.9 Å². The first kappa shape index (κ1) is 19.9. The molecule has 1 saturated heterocycles. The van der Waals surface area contributed by atoms with Crippen LogP contribution in [0.2, 0.25) is 0 Å². The Kier molecular flexibility index (Phi) is 6.44. The van der Waals surface area contributed by atoms with Gasteiger partial charge in [-0.05, 0) is 35.2 Å². The third-order valence-corrected chi connectivity index (χ3v) is 6.21. The molecule has 0 saturated carbocycles.